The zero-order chi connectivity index (χ0) is 22.0. The summed E-state index contributed by atoms with van der Waals surface area (Å²) >= 11 is 10.2. The van der Waals surface area contributed by atoms with Crippen molar-refractivity contribution in [3.05, 3.63) is 59.2 Å². The molecule has 0 aromatic heterocycles. The van der Waals surface area contributed by atoms with Crippen molar-refractivity contribution in [3.63, 3.8) is 0 Å². The van der Waals surface area contributed by atoms with Gasteiger partial charge in [-0.05, 0) is 93.6 Å². The van der Waals surface area contributed by atoms with Gasteiger partial charge in [-0.25, -0.2) is 9.69 Å². The van der Waals surface area contributed by atoms with Crippen molar-refractivity contribution in [1.82, 2.24) is 5.32 Å². The summed E-state index contributed by atoms with van der Waals surface area (Å²) in [5, 5.41) is 11.3. The maximum atomic E-state index is 13.0. The highest BCUT2D eigenvalue weighted by molar-refractivity contribution is 14.1. The fourth-order valence-electron chi connectivity index (χ4n) is 2.68. The predicted octanol–water partition coefficient (Wildman–Crippen LogP) is 4.43. The van der Waals surface area contributed by atoms with Gasteiger partial charge in [-0.1, -0.05) is 17.7 Å². The molecule has 0 atom stereocenters. The van der Waals surface area contributed by atoms with E-state index >= 15 is 0 Å². The Bertz CT molecular complexity index is 1130. The van der Waals surface area contributed by atoms with Gasteiger partial charge in [0.15, 0.2) is 6.61 Å². The molecule has 7 nitrogen and oxygen atoms in total. The fourth-order valence-corrected chi connectivity index (χ4v) is 4.99. The maximum absolute atomic E-state index is 13.0. The molecule has 0 saturated carbocycles. The van der Waals surface area contributed by atoms with Crippen LogP contribution in [0.3, 0.4) is 0 Å². The number of hydrogen-bond acceptors (Lipinski definition) is 5. The summed E-state index contributed by atoms with van der Waals surface area (Å²) in [6.07, 6.45) is 1.41. The summed E-state index contributed by atoms with van der Waals surface area (Å²) in [5.41, 5.74) is 1.43. The molecule has 4 amide bonds. The van der Waals surface area contributed by atoms with E-state index in [0.717, 1.165) is 10.5 Å². The first-order chi connectivity index (χ1) is 14.2. The number of halogens is 3. The molecular weight excluding hydrogens is 635 g/mol. The smallest absolute Gasteiger partial charge is 0.335 e. The molecular formula is C20H12ClI2N3O4. The van der Waals surface area contributed by atoms with Gasteiger partial charge in [0, 0.05) is 5.02 Å². The Morgan fingerprint density at radius 3 is 2.47 bits per heavy atom. The average molecular weight is 648 g/mol. The molecule has 2 aromatic carbocycles. The van der Waals surface area contributed by atoms with E-state index in [0.29, 0.717) is 23.5 Å². The number of rotatable bonds is 4. The van der Waals surface area contributed by atoms with E-state index in [9.17, 15) is 14.4 Å². The van der Waals surface area contributed by atoms with Crippen molar-refractivity contribution in [3.8, 4) is 11.8 Å². The largest absolute Gasteiger partial charge is 0.477 e. The van der Waals surface area contributed by atoms with E-state index < -0.39 is 17.8 Å². The third kappa shape index (κ3) is 4.60. The van der Waals surface area contributed by atoms with E-state index in [1.54, 1.807) is 31.2 Å². The van der Waals surface area contributed by atoms with Gasteiger partial charge in [-0.15, -0.1) is 0 Å². The summed E-state index contributed by atoms with van der Waals surface area (Å²) in [6, 6.07) is 9.26. The van der Waals surface area contributed by atoms with Gasteiger partial charge in [0.2, 0.25) is 0 Å². The second-order valence-electron chi connectivity index (χ2n) is 6.15. The van der Waals surface area contributed by atoms with Crippen molar-refractivity contribution in [2.45, 2.75) is 6.92 Å². The molecule has 10 heteroatoms. The van der Waals surface area contributed by atoms with Crippen molar-refractivity contribution in [2.75, 3.05) is 11.5 Å². The SMILES string of the molecule is Cc1ccc(N2C(=O)NC(=O)/C(=C/c3cc(I)c(OCC#N)c(I)c3)C2=O)cc1Cl. The molecule has 30 heavy (non-hydrogen) atoms. The molecule has 1 aliphatic heterocycles. The first-order valence-electron chi connectivity index (χ1n) is 8.39. The molecule has 1 heterocycles. The minimum atomic E-state index is -0.841. The van der Waals surface area contributed by atoms with Gasteiger partial charge in [-0.2, -0.15) is 5.26 Å². The Balaban J connectivity index is 2.00. The van der Waals surface area contributed by atoms with E-state index in [1.165, 1.54) is 12.1 Å². The Labute approximate surface area is 204 Å². The number of nitrogens with one attached hydrogen (secondary N) is 1. The molecule has 2 aromatic rings. The third-order valence-electron chi connectivity index (χ3n) is 4.13. The zero-order valence-electron chi connectivity index (χ0n) is 15.3. The Hall–Kier alpha value is -2.17. The van der Waals surface area contributed by atoms with Crippen molar-refractivity contribution in [1.29, 1.82) is 5.26 Å². The van der Waals surface area contributed by atoms with E-state index in [-0.39, 0.29) is 17.9 Å². The van der Waals surface area contributed by atoms with Crippen LogP contribution in [0.15, 0.2) is 35.9 Å². The van der Waals surface area contributed by atoms with Crippen LogP contribution in [0.5, 0.6) is 5.75 Å². The lowest BCUT2D eigenvalue weighted by molar-refractivity contribution is -0.122. The van der Waals surface area contributed by atoms with Gasteiger partial charge in [0.25, 0.3) is 11.8 Å². The molecule has 152 valence electrons. The van der Waals surface area contributed by atoms with Crippen LogP contribution >= 0.6 is 56.8 Å². The van der Waals surface area contributed by atoms with Crippen LogP contribution in [0, 0.1) is 25.4 Å². The van der Waals surface area contributed by atoms with Crippen LogP contribution in [0.25, 0.3) is 6.08 Å². The Morgan fingerprint density at radius 2 is 1.87 bits per heavy atom. The van der Waals surface area contributed by atoms with Crippen LogP contribution in [0.1, 0.15) is 11.1 Å². The lowest BCUT2D eigenvalue weighted by Crippen LogP contribution is -2.54. The summed E-state index contributed by atoms with van der Waals surface area (Å²) in [4.78, 5) is 38.5. The number of nitrogens with zero attached hydrogens (tertiary/aromatic N) is 2. The summed E-state index contributed by atoms with van der Waals surface area (Å²) < 4.78 is 6.83. The number of imide groups is 2. The topological polar surface area (TPSA) is 99.5 Å². The number of amides is 4. The van der Waals surface area contributed by atoms with Crippen LogP contribution in [-0.4, -0.2) is 24.5 Å². The Kier molecular flexibility index (Phi) is 6.99. The van der Waals surface area contributed by atoms with Crippen molar-refractivity contribution < 1.29 is 19.1 Å². The standard InChI is InChI=1S/C20H12ClI2N3O4/c1-10-2-3-12(9-14(10)21)26-19(28)13(18(27)25-20(26)29)6-11-7-15(22)17(16(23)8-11)30-5-4-24/h2-3,6-9H,5H2,1H3,(H,25,27,29)/b13-6-. The van der Waals surface area contributed by atoms with E-state index in [4.69, 9.17) is 21.6 Å². The average Bonchev–Trinajstić information content (AvgIpc) is 2.67. The third-order valence-corrected chi connectivity index (χ3v) is 6.14. The highest BCUT2D eigenvalue weighted by Gasteiger charge is 2.37. The Morgan fingerprint density at radius 1 is 1.20 bits per heavy atom. The van der Waals surface area contributed by atoms with Crippen LogP contribution in [0.2, 0.25) is 5.02 Å². The second kappa shape index (κ2) is 9.32. The number of hydrogen-bond donors (Lipinski definition) is 1. The molecule has 0 unspecified atom stereocenters. The zero-order valence-corrected chi connectivity index (χ0v) is 20.4. The summed E-state index contributed by atoms with van der Waals surface area (Å²) in [7, 11) is 0. The van der Waals surface area contributed by atoms with Crippen molar-refractivity contribution in [2.24, 2.45) is 0 Å². The normalized spacial score (nSPS) is 15.2. The summed E-state index contributed by atoms with van der Waals surface area (Å²) in [5.74, 6) is -0.988. The van der Waals surface area contributed by atoms with E-state index in [2.05, 4.69) is 5.32 Å². The fraction of sp³-hybridized carbons (Fsp3) is 0.100. The number of carbonyl (C=O) groups excluding carboxylic acids is 3. The molecule has 0 bridgehead atoms. The minimum absolute atomic E-state index is 0.0937. The number of benzene rings is 2. The molecule has 0 radical (unpaired) electrons. The molecule has 3 rings (SSSR count). The molecule has 1 saturated heterocycles. The van der Waals surface area contributed by atoms with Crippen LogP contribution in [0.4, 0.5) is 10.5 Å². The van der Waals surface area contributed by atoms with Crippen LogP contribution in [-0.2, 0) is 9.59 Å². The molecule has 0 aliphatic carbocycles. The lowest BCUT2D eigenvalue weighted by atomic mass is 10.1. The number of anilines is 1. The van der Waals surface area contributed by atoms with Crippen molar-refractivity contribution >= 4 is 86.4 Å². The number of carbonyl (C=O) groups is 3. The van der Waals surface area contributed by atoms with Gasteiger partial charge in [0.1, 0.15) is 17.4 Å². The van der Waals surface area contributed by atoms with Gasteiger partial charge in [-0.3, -0.25) is 14.9 Å². The number of barbiturate groups is 1. The monoisotopic (exact) mass is 647 g/mol. The van der Waals surface area contributed by atoms with Crippen LogP contribution < -0.4 is 15.0 Å². The lowest BCUT2D eigenvalue weighted by Gasteiger charge is -2.26. The molecule has 1 fully saturated rings. The van der Waals surface area contributed by atoms with Gasteiger partial charge >= 0.3 is 6.03 Å². The minimum Gasteiger partial charge on any atom is -0.477 e. The highest BCUT2D eigenvalue weighted by atomic mass is 127. The first kappa shape index (κ1) is 22.5. The summed E-state index contributed by atoms with van der Waals surface area (Å²) in [6.45, 7) is 1.70. The second-order valence-corrected chi connectivity index (χ2v) is 8.88. The highest BCUT2D eigenvalue weighted by Crippen LogP contribution is 2.31. The van der Waals surface area contributed by atoms with Gasteiger partial charge < -0.3 is 4.74 Å². The number of aryl methyl sites for hydroxylation is 1. The molecule has 1 aliphatic rings. The van der Waals surface area contributed by atoms with E-state index in [1.807, 2.05) is 51.3 Å². The number of ether oxygens (including phenoxy) is 1. The number of nitriles is 1. The molecule has 0 spiro atoms. The quantitative estimate of drug-likeness (QED) is 0.301. The first-order valence-corrected chi connectivity index (χ1v) is 10.9. The predicted molar refractivity (Wildman–Crippen MR) is 128 cm³/mol. The number of urea groups is 1. The molecule has 1 N–H and O–H groups in total. The maximum Gasteiger partial charge on any atom is 0.335 e. The van der Waals surface area contributed by atoms with Gasteiger partial charge in [0.05, 0.1) is 12.8 Å².